The standard InChI is InChI=1S/C82H62O52/c83-23-1-14(2-24(84)45(23)93)71(112)133-81-70-68(130-77(118)20-9-30(90)50(98)57(105)39(20)41-22(79(120)132-70)11-32(92)52(100)59(41)107)65-35(126-81)13-123-74(115)17-6-27(87)53(101)60(108)42(17)43-44(80(121)128-65)66(63(111)62(110)61(43)109)124-33-4-15(3-25(85)46(33)94)72(113)134-82-69-67(129-76(117)19-8-29(89)49(97)56(104)38(19)40-21(78(119)131-69)10-31(91)51(99)58(40)106)64-34(125-82)12-122-73(114)16-5-26(86)47(95)54(102)36(16)37-18(75(116)127-64)7-28(88)48(96)55(37)103/h1-7,10-11,19-20,34-35,40-41,58-59,64-65,67-70,81-111H,8-9,12-13H2/t19?,20?,34-,35-,40?,41?,58?,59?,64-,65-,67+,68+,69-,70?,81?,82+/m1/s1. The van der Waals surface area contributed by atoms with Crippen molar-refractivity contribution in [2.24, 2.45) is 23.7 Å². The third-order valence-corrected chi connectivity index (χ3v) is 22.9. The molecule has 6 aliphatic heterocycles. The van der Waals surface area contributed by atoms with Crippen LogP contribution in [0, 0.1) is 23.7 Å². The molecule has 4 saturated heterocycles. The van der Waals surface area contributed by atoms with Crippen molar-refractivity contribution in [1.29, 1.82) is 0 Å². The molecule has 0 saturated carbocycles. The molecule has 6 aromatic rings. The number of aromatic hydroxyl groups is 17. The Morgan fingerprint density at radius 2 is 0.679 bits per heavy atom. The first-order valence-electron chi connectivity index (χ1n) is 38.2. The molecule has 16 rings (SSSR count). The van der Waals surface area contributed by atoms with Gasteiger partial charge in [0.1, 0.15) is 54.7 Å². The summed E-state index contributed by atoms with van der Waals surface area (Å²) >= 11 is 0. The minimum atomic E-state index is -3.01. The summed E-state index contributed by atoms with van der Waals surface area (Å²) in [6.07, 6.45) is -35.3. The highest BCUT2D eigenvalue weighted by Gasteiger charge is 2.62. The van der Waals surface area contributed by atoms with E-state index in [1.54, 1.807) is 0 Å². The number of aliphatic hydroxyl groups is 12. The van der Waals surface area contributed by atoms with Gasteiger partial charge in [-0.05, 0) is 54.6 Å². The van der Waals surface area contributed by atoms with E-state index in [-0.39, 0.29) is 24.3 Å². The van der Waals surface area contributed by atoms with Gasteiger partial charge in [0.15, 0.2) is 145 Å². The highest BCUT2D eigenvalue weighted by molar-refractivity contribution is 6.12. The third-order valence-electron chi connectivity index (χ3n) is 22.9. The fraction of sp³-hybridized carbons (Fsp3) is 0.244. The van der Waals surface area contributed by atoms with E-state index in [1.807, 2.05) is 0 Å². The third kappa shape index (κ3) is 14.3. The van der Waals surface area contributed by atoms with Crippen molar-refractivity contribution in [1.82, 2.24) is 0 Å². The van der Waals surface area contributed by atoms with Gasteiger partial charge in [0.25, 0.3) is 0 Å². The van der Waals surface area contributed by atoms with Crippen molar-refractivity contribution < 1.29 is 258 Å². The molecule has 52 heteroatoms. The molecule has 6 aromatic carbocycles. The van der Waals surface area contributed by atoms with Gasteiger partial charge >= 0.3 is 59.7 Å². The highest BCUT2D eigenvalue weighted by atomic mass is 16.8. The zero-order valence-corrected chi connectivity index (χ0v) is 66.1. The molecular formula is C82H62O52. The Labute approximate surface area is 737 Å². The zero-order valence-electron chi connectivity index (χ0n) is 66.1. The highest BCUT2D eigenvalue weighted by Crippen LogP contribution is 2.61. The lowest BCUT2D eigenvalue weighted by Crippen LogP contribution is -2.64. The first-order chi connectivity index (χ1) is 63.1. The van der Waals surface area contributed by atoms with E-state index in [2.05, 4.69) is 0 Å². The molecule has 29 N–H and O–H groups in total. The van der Waals surface area contributed by atoms with E-state index >= 15 is 33.6 Å². The first-order valence-corrected chi connectivity index (χ1v) is 38.2. The Balaban J connectivity index is 0.839. The summed E-state index contributed by atoms with van der Waals surface area (Å²) in [6.45, 7) is -3.14. The Morgan fingerprint density at radius 3 is 1.09 bits per heavy atom. The zero-order chi connectivity index (χ0) is 97.2. The van der Waals surface area contributed by atoms with Crippen LogP contribution in [0.3, 0.4) is 0 Å². The molecule has 4 fully saturated rings. The van der Waals surface area contributed by atoms with Crippen LogP contribution in [0.15, 0.2) is 135 Å². The number of rotatable bonds is 6. The Morgan fingerprint density at radius 1 is 0.328 bits per heavy atom. The Kier molecular flexibility index (Phi) is 21.7. The maximum atomic E-state index is 16.2. The number of cyclic esters (lactones) is 2. The van der Waals surface area contributed by atoms with E-state index in [0.29, 0.717) is 30.4 Å². The number of hydrogen-bond donors (Lipinski definition) is 29. The van der Waals surface area contributed by atoms with Crippen LogP contribution < -0.4 is 4.74 Å². The van der Waals surface area contributed by atoms with Gasteiger partial charge in [-0.2, -0.15) is 0 Å². The summed E-state index contributed by atoms with van der Waals surface area (Å²) in [6, 6.07) is 2.14. The van der Waals surface area contributed by atoms with E-state index in [0.717, 1.165) is 0 Å². The molecule has 0 aromatic heterocycles. The van der Waals surface area contributed by atoms with Crippen molar-refractivity contribution in [2.45, 2.75) is 86.5 Å². The van der Waals surface area contributed by atoms with E-state index in [1.165, 1.54) is 0 Å². The summed E-state index contributed by atoms with van der Waals surface area (Å²) < 4.78 is 75.5. The second kappa shape index (κ2) is 32.4. The average molecular weight is 1880 g/mol. The van der Waals surface area contributed by atoms with Gasteiger partial charge < -0.3 is 210 Å². The van der Waals surface area contributed by atoms with Crippen LogP contribution in [0.25, 0.3) is 22.3 Å². The van der Waals surface area contributed by atoms with Crippen molar-refractivity contribution in [3.05, 3.63) is 168 Å². The molecule has 52 nitrogen and oxygen atoms in total. The lowest BCUT2D eigenvalue weighted by atomic mass is 9.72. The minimum Gasteiger partial charge on any atom is -0.508 e. The minimum absolute atomic E-state index is 0.196. The molecule has 6 heterocycles. The summed E-state index contributed by atoms with van der Waals surface area (Å²) in [5.41, 5.74) is -18.1. The number of phenols is 17. The maximum Gasteiger partial charge on any atom is 0.343 e. The number of phenolic OH excluding ortho intramolecular Hbond substituents is 17. The molecule has 702 valence electrons. The molecule has 0 amide bonds. The number of carbonyl (C=O) groups excluding carboxylic acids is 10. The van der Waals surface area contributed by atoms with Crippen LogP contribution in [-0.2, 0) is 76.0 Å². The number of fused-ring (bicyclic) bond motifs is 18. The van der Waals surface area contributed by atoms with Crippen molar-refractivity contribution in [2.75, 3.05) is 13.2 Å². The molecular weight excluding hydrogens is 1820 g/mol. The number of allylic oxidation sites excluding steroid dienone is 4. The van der Waals surface area contributed by atoms with E-state index in [4.69, 9.17) is 61.6 Å². The second-order valence-electron chi connectivity index (χ2n) is 30.7. The van der Waals surface area contributed by atoms with Gasteiger partial charge in [-0.1, -0.05) is 0 Å². The van der Waals surface area contributed by atoms with Crippen LogP contribution >= 0.6 is 0 Å². The molecule has 10 aliphatic rings. The summed E-state index contributed by atoms with van der Waals surface area (Å²) in [7, 11) is 0. The predicted molar refractivity (Wildman–Crippen MR) is 411 cm³/mol. The van der Waals surface area contributed by atoms with Gasteiger partial charge in [-0.25, -0.2) is 38.4 Å². The van der Waals surface area contributed by atoms with Gasteiger partial charge in [-0.15, -0.1) is 0 Å². The van der Waals surface area contributed by atoms with Crippen molar-refractivity contribution >= 4 is 59.7 Å². The molecule has 8 unspecified atom stereocenters. The number of aliphatic hydroxyl groups excluding tert-OH is 12. The van der Waals surface area contributed by atoms with Gasteiger partial charge in [0.05, 0.1) is 68.2 Å². The first kappa shape index (κ1) is 89.6. The molecule has 0 radical (unpaired) electrons. The van der Waals surface area contributed by atoms with E-state index in [9.17, 15) is 162 Å². The maximum absolute atomic E-state index is 16.2. The monoisotopic (exact) mass is 1880 g/mol. The van der Waals surface area contributed by atoms with Crippen LogP contribution in [0.2, 0.25) is 0 Å². The summed E-state index contributed by atoms with van der Waals surface area (Å²) in [4.78, 5) is 151. The predicted octanol–water partition coefficient (Wildman–Crippen LogP) is 2.85. The normalized spacial score (nSPS) is 26.4. The van der Waals surface area contributed by atoms with Gasteiger partial charge in [-0.3, -0.25) is 9.59 Å². The van der Waals surface area contributed by atoms with Crippen LogP contribution in [0.1, 0.15) is 75.0 Å². The number of hydrogen-bond acceptors (Lipinski definition) is 52. The number of carbonyl (C=O) groups is 10. The number of benzene rings is 6. The smallest absolute Gasteiger partial charge is 0.343 e. The molecule has 134 heavy (non-hydrogen) atoms. The van der Waals surface area contributed by atoms with Crippen molar-refractivity contribution in [3.8, 4) is 131 Å². The number of ether oxygens (including phenoxy) is 13. The lowest BCUT2D eigenvalue weighted by molar-refractivity contribution is -0.291. The topological polar surface area (TPSA) is 877 Å². The molecule has 4 aliphatic carbocycles. The lowest BCUT2D eigenvalue weighted by Gasteiger charge is -2.45. The Hall–Kier alpha value is -17.8. The van der Waals surface area contributed by atoms with Crippen LogP contribution in [-0.4, -0.2) is 295 Å². The fourth-order valence-corrected chi connectivity index (χ4v) is 16.5. The molecule has 0 spiro atoms. The van der Waals surface area contributed by atoms with Gasteiger partial charge in [0.2, 0.25) is 59.3 Å². The van der Waals surface area contributed by atoms with Crippen molar-refractivity contribution in [3.63, 3.8) is 0 Å². The van der Waals surface area contributed by atoms with Gasteiger partial charge in [0, 0.05) is 40.7 Å². The van der Waals surface area contributed by atoms with Crippen LogP contribution in [0.5, 0.6) is 109 Å². The average Bonchev–Trinajstić information content (AvgIpc) is 0.957. The summed E-state index contributed by atoms with van der Waals surface area (Å²) in [5, 5.41) is 325. The summed E-state index contributed by atoms with van der Waals surface area (Å²) in [5.74, 6) is -74.3. The quantitative estimate of drug-likeness (QED) is 0.0647. The Bertz CT molecular complexity index is 6560. The SMILES string of the molecule is O=C1O[C@H]2[C@H](OC(=O)c3cc(O)c(O)c(Oc4c(O)c(O)c(O)c5c4C(=O)O[C@H]4[C@@H]6OC(=O)C7CC(O)=C(O)C(O)=C7C7C(=CC(O)=C(O)C7O)C(=O)OC6C(OC(=O)c6cc(O)c(O)c(O)c6)O[C@@H]4COC(=O)c4cc(O)c(O)c(O)c4-5)c3)O[C@@H]3COC(=O)c4cc(O)c(O)c(O)c4-c4c(cc(O)c(O)c4O)C(=O)O[C@H]3[C@@H]2OC(=O)C2CC(O)=C(O)C(O)=C2C2C1=CC(O)=C(O)C2O. The van der Waals surface area contributed by atoms with E-state index < -0.39 is 428 Å². The fourth-order valence-electron chi connectivity index (χ4n) is 16.5. The largest absolute Gasteiger partial charge is 0.508 e. The number of esters is 10. The molecule has 0 bridgehead atoms. The molecule has 16 atom stereocenters. The second-order valence-corrected chi connectivity index (χ2v) is 30.7. The van der Waals surface area contributed by atoms with Crippen LogP contribution in [0.4, 0.5) is 0 Å².